The zero-order chi connectivity index (χ0) is 16.3. The lowest BCUT2D eigenvalue weighted by molar-refractivity contribution is 0.0515. The molecule has 1 fully saturated rings. The molecule has 1 aliphatic rings. The first-order valence-electron chi connectivity index (χ1n) is 8.19. The molecule has 0 aromatic rings. The van der Waals surface area contributed by atoms with Crippen LogP contribution < -0.4 is 10.6 Å². The van der Waals surface area contributed by atoms with Gasteiger partial charge < -0.3 is 15.4 Å². The Morgan fingerprint density at radius 1 is 1.29 bits per heavy atom. The smallest absolute Gasteiger partial charge is 0.407 e. The first-order chi connectivity index (χ1) is 9.51. The van der Waals surface area contributed by atoms with E-state index in [0.717, 1.165) is 19.0 Å². The van der Waals surface area contributed by atoms with Gasteiger partial charge in [-0.2, -0.15) is 0 Å². The molecule has 4 heteroatoms. The van der Waals surface area contributed by atoms with Crippen molar-refractivity contribution >= 4 is 6.09 Å². The van der Waals surface area contributed by atoms with Crippen molar-refractivity contribution in [1.82, 2.24) is 10.6 Å². The summed E-state index contributed by atoms with van der Waals surface area (Å²) in [7, 11) is 0. The third-order valence-corrected chi connectivity index (χ3v) is 4.37. The van der Waals surface area contributed by atoms with Crippen molar-refractivity contribution in [3.63, 3.8) is 0 Å². The molecular formula is C17H34N2O2. The van der Waals surface area contributed by atoms with Gasteiger partial charge in [0.2, 0.25) is 0 Å². The average molecular weight is 298 g/mol. The summed E-state index contributed by atoms with van der Waals surface area (Å²) >= 11 is 0. The molecule has 1 saturated carbocycles. The summed E-state index contributed by atoms with van der Waals surface area (Å²) in [5.41, 5.74) is 0.0856. The van der Waals surface area contributed by atoms with Gasteiger partial charge in [0.05, 0.1) is 0 Å². The number of ether oxygens (including phenoxy) is 1. The lowest BCUT2D eigenvalue weighted by Gasteiger charge is -2.24. The summed E-state index contributed by atoms with van der Waals surface area (Å²) in [5.74, 6) is 1.77. The maximum atomic E-state index is 11.7. The third kappa shape index (κ3) is 7.16. The van der Waals surface area contributed by atoms with E-state index in [1.807, 2.05) is 20.8 Å². The largest absolute Gasteiger partial charge is 0.444 e. The maximum absolute atomic E-state index is 11.7. The topological polar surface area (TPSA) is 50.4 Å². The minimum absolute atomic E-state index is 0.323. The lowest BCUT2D eigenvalue weighted by atomic mass is 9.95. The van der Waals surface area contributed by atoms with Crippen molar-refractivity contribution in [2.75, 3.05) is 19.6 Å². The highest BCUT2D eigenvalue weighted by Crippen LogP contribution is 2.50. The number of alkyl carbamates (subject to hydrolysis) is 1. The van der Waals surface area contributed by atoms with E-state index in [2.05, 4.69) is 38.3 Å². The highest BCUT2D eigenvalue weighted by molar-refractivity contribution is 5.67. The molecule has 1 amide bonds. The number of hydrogen-bond acceptors (Lipinski definition) is 3. The van der Waals surface area contributed by atoms with Gasteiger partial charge in [-0.1, -0.05) is 27.7 Å². The second-order valence-electron chi connectivity index (χ2n) is 8.43. The van der Waals surface area contributed by atoms with E-state index in [4.69, 9.17) is 4.74 Å². The van der Waals surface area contributed by atoms with E-state index in [-0.39, 0.29) is 6.09 Å². The van der Waals surface area contributed by atoms with Crippen molar-refractivity contribution in [2.45, 2.75) is 60.5 Å². The SMILES string of the molecule is CC(C)C(CNCC1CC1(C)C)CNC(=O)OC(C)(C)C. The van der Waals surface area contributed by atoms with Crippen molar-refractivity contribution in [3.05, 3.63) is 0 Å². The Morgan fingerprint density at radius 2 is 1.86 bits per heavy atom. The number of carbonyl (C=O) groups is 1. The molecular weight excluding hydrogens is 264 g/mol. The van der Waals surface area contributed by atoms with Gasteiger partial charge in [0.25, 0.3) is 0 Å². The van der Waals surface area contributed by atoms with Crippen LogP contribution in [0.5, 0.6) is 0 Å². The normalized spacial score (nSPS) is 22.0. The fourth-order valence-electron chi connectivity index (χ4n) is 2.44. The number of carbonyl (C=O) groups excluding carboxylic acids is 1. The summed E-state index contributed by atoms with van der Waals surface area (Å²) in [6.45, 7) is 17.4. The summed E-state index contributed by atoms with van der Waals surface area (Å²) in [4.78, 5) is 11.7. The summed E-state index contributed by atoms with van der Waals surface area (Å²) in [6.07, 6.45) is 0.999. The fourth-order valence-corrected chi connectivity index (χ4v) is 2.44. The molecule has 1 aliphatic carbocycles. The number of nitrogens with one attached hydrogen (secondary N) is 2. The van der Waals surface area contributed by atoms with Gasteiger partial charge in [-0.25, -0.2) is 4.79 Å². The molecule has 0 radical (unpaired) electrons. The molecule has 2 unspecified atom stereocenters. The first-order valence-corrected chi connectivity index (χ1v) is 8.19. The predicted molar refractivity (Wildman–Crippen MR) is 87.3 cm³/mol. The van der Waals surface area contributed by atoms with Crippen LogP contribution in [-0.4, -0.2) is 31.3 Å². The van der Waals surface area contributed by atoms with Gasteiger partial charge in [0.1, 0.15) is 5.60 Å². The van der Waals surface area contributed by atoms with Crippen molar-refractivity contribution in [2.24, 2.45) is 23.2 Å². The Labute approximate surface area is 130 Å². The fraction of sp³-hybridized carbons (Fsp3) is 0.941. The Kier molecular flexibility index (Phi) is 6.09. The van der Waals surface area contributed by atoms with Crippen LogP contribution in [0.3, 0.4) is 0 Å². The second-order valence-corrected chi connectivity index (χ2v) is 8.43. The van der Waals surface area contributed by atoms with E-state index in [0.29, 0.717) is 23.8 Å². The summed E-state index contributed by atoms with van der Waals surface area (Å²) in [5, 5.41) is 6.45. The molecule has 0 aromatic heterocycles. The van der Waals surface area contributed by atoms with Gasteiger partial charge in [0, 0.05) is 6.54 Å². The Hall–Kier alpha value is -0.770. The molecule has 2 atom stereocenters. The van der Waals surface area contributed by atoms with E-state index in [9.17, 15) is 4.79 Å². The van der Waals surface area contributed by atoms with Crippen molar-refractivity contribution in [3.8, 4) is 0 Å². The molecule has 21 heavy (non-hydrogen) atoms. The molecule has 0 heterocycles. The van der Waals surface area contributed by atoms with Gasteiger partial charge in [-0.15, -0.1) is 0 Å². The van der Waals surface area contributed by atoms with Gasteiger partial charge >= 0.3 is 6.09 Å². The Morgan fingerprint density at radius 3 is 2.29 bits per heavy atom. The minimum atomic E-state index is -0.437. The Balaban J connectivity index is 2.25. The maximum Gasteiger partial charge on any atom is 0.407 e. The summed E-state index contributed by atoms with van der Waals surface area (Å²) in [6, 6.07) is 0. The number of rotatable bonds is 7. The van der Waals surface area contributed by atoms with Crippen LogP contribution >= 0.6 is 0 Å². The standard InChI is InChI=1S/C17H34N2O2/c1-12(2)13(9-18-11-14-8-17(14,6)7)10-19-15(20)21-16(3,4)5/h12-14,18H,8-11H2,1-7H3,(H,19,20). The van der Waals surface area contributed by atoms with Crippen LogP contribution in [0.15, 0.2) is 0 Å². The quantitative estimate of drug-likeness (QED) is 0.757. The molecule has 0 aromatic carbocycles. The second kappa shape index (κ2) is 6.99. The molecule has 0 spiro atoms. The molecule has 1 rings (SSSR count). The molecule has 4 nitrogen and oxygen atoms in total. The lowest BCUT2D eigenvalue weighted by Crippen LogP contribution is -2.40. The van der Waals surface area contributed by atoms with Gasteiger partial charge in [-0.3, -0.25) is 0 Å². The number of amides is 1. The third-order valence-electron chi connectivity index (χ3n) is 4.37. The Bertz CT molecular complexity index is 345. The van der Waals surface area contributed by atoms with Crippen molar-refractivity contribution < 1.29 is 9.53 Å². The predicted octanol–water partition coefficient (Wildman–Crippen LogP) is 3.42. The number of hydrogen-bond donors (Lipinski definition) is 2. The van der Waals surface area contributed by atoms with E-state index < -0.39 is 5.60 Å². The van der Waals surface area contributed by atoms with Crippen LogP contribution in [0.1, 0.15) is 54.9 Å². The first kappa shape index (κ1) is 18.3. The summed E-state index contributed by atoms with van der Waals surface area (Å²) < 4.78 is 5.28. The van der Waals surface area contributed by atoms with E-state index in [1.54, 1.807) is 0 Å². The van der Waals surface area contributed by atoms with Gasteiger partial charge in [-0.05, 0) is 63.5 Å². The molecule has 124 valence electrons. The van der Waals surface area contributed by atoms with Gasteiger partial charge in [0.15, 0.2) is 0 Å². The molecule has 0 aliphatic heterocycles. The molecule has 0 bridgehead atoms. The van der Waals surface area contributed by atoms with Crippen LogP contribution in [0, 0.1) is 23.2 Å². The highest BCUT2D eigenvalue weighted by atomic mass is 16.6. The average Bonchev–Trinajstić information content (AvgIpc) is 2.88. The zero-order valence-corrected chi connectivity index (χ0v) is 14.9. The minimum Gasteiger partial charge on any atom is -0.444 e. The van der Waals surface area contributed by atoms with E-state index >= 15 is 0 Å². The van der Waals surface area contributed by atoms with Crippen LogP contribution in [0.25, 0.3) is 0 Å². The van der Waals surface area contributed by atoms with Crippen LogP contribution in [-0.2, 0) is 4.74 Å². The monoisotopic (exact) mass is 298 g/mol. The highest BCUT2D eigenvalue weighted by Gasteiger charge is 2.44. The zero-order valence-electron chi connectivity index (χ0n) is 14.9. The van der Waals surface area contributed by atoms with Crippen LogP contribution in [0.2, 0.25) is 0 Å². The van der Waals surface area contributed by atoms with E-state index in [1.165, 1.54) is 6.42 Å². The van der Waals surface area contributed by atoms with Crippen molar-refractivity contribution in [1.29, 1.82) is 0 Å². The molecule has 2 N–H and O–H groups in total. The van der Waals surface area contributed by atoms with Crippen LogP contribution in [0.4, 0.5) is 4.79 Å². The molecule has 0 saturated heterocycles.